The lowest BCUT2D eigenvalue weighted by Gasteiger charge is -2.36. The van der Waals surface area contributed by atoms with Crippen molar-refractivity contribution >= 4 is 6.29 Å². The van der Waals surface area contributed by atoms with Gasteiger partial charge in [0.2, 0.25) is 0 Å². The number of rotatable bonds is 8. The third-order valence-corrected chi connectivity index (χ3v) is 2.92. The number of nitrogens with one attached hydrogen (secondary N) is 1. The molecule has 1 fully saturated rings. The highest BCUT2D eigenvalue weighted by Gasteiger charge is 2.36. The van der Waals surface area contributed by atoms with E-state index in [9.17, 15) is 15.0 Å². The van der Waals surface area contributed by atoms with Gasteiger partial charge in [-0.3, -0.25) is 0 Å². The first-order valence-electron chi connectivity index (χ1n) is 6.34. The molecule has 1 saturated heterocycles. The molecule has 1 aliphatic heterocycles. The van der Waals surface area contributed by atoms with Crippen molar-refractivity contribution in [2.45, 2.75) is 37.1 Å². The molecular formula is C12H22N2O6. The summed E-state index contributed by atoms with van der Waals surface area (Å²) in [6.45, 7) is 3.63. The third kappa shape index (κ3) is 5.16. The molecule has 1 aliphatic rings. The van der Waals surface area contributed by atoms with Crippen molar-refractivity contribution in [1.82, 2.24) is 5.32 Å². The van der Waals surface area contributed by atoms with E-state index in [2.05, 4.69) is 11.9 Å². The van der Waals surface area contributed by atoms with Gasteiger partial charge in [-0.2, -0.15) is 0 Å². The molecule has 0 aromatic rings. The Balaban J connectivity index is 2.30. The standard InChI is InChI=1S/C12H22N2O6/c1-7(14-3-8(13)4-15)6-19-11-2-9(17)12(18)10(5-16)20-11/h4,8-12,14,16-18H,1-3,5-6,13H2/t8-,9+,10?,11?,12?/m0/s1. The van der Waals surface area contributed by atoms with Gasteiger partial charge in [0.1, 0.15) is 18.5 Å². The summed E-state index contributed by atoms with van der Waals surface area (Å²) >= 11 is 0. The molecule has 3 unspecified atom stereocenters. The second-order valence-corrected chi connectivity index (χ2v) is 4.68. The molecule has 0 saturated carbocycles. The van der Waals surface area contributed by atoms with Crippen LogP contribution in [0.4, 0.5) is 0 Å². The first-order valence-corrected chi connectivity index (χ1v) is 6.34. The van der Waals surface area contributed by atoms with E-state index in [1.54, 1.807) is 0 Å². The number of ether oxygens (including phenoxy) is 2. The summed E-state index contributed by atoms with van der Waals surface area (Å²) in [4.78, 5) is 10.3. The van der Waals surface area contributed by atoms with Crippen LogP contribution in [0.2, 0.25) is 0 Å². The maximum Gasteiger partial charge on any atom is 0.161 e. The highest BCUT2D eigenvalue weighted by Crippen LogP contribution is 2.21. The fourth-order valence-electron chi connectivity index (χ4n) is 1.73. The van der Waals surface area contributed by atoms with E-state index in [1.165, 1.54) is 0 Å². The predicted molar refractivity (Wildman–Crippen MR) is 69.5 cm³/mol. The van der Waals surface area contributed by atoms with Crippen LogP contribution in [0.1, 0.15) is 6.42 Å². The van der Waals surface area contributed by atoms with Crippen LogP contribution in [-0.4, -0.2) is 72.0 Å². The Bertz CT molecular complexity index is 327. The monoisotopic (exact) mass is 290 g/mol. The van der Waals surface area contributed by atoms with Crippen LogP contribution in [0.5, 0.6) is 0 Å². The number of carbonyl (C=O) groups is 1. The summed E-state index contributed by atoms with van der Waals surface area (Å²) in [7, 11) is 0. The van der Waals surface area contributed by atoms with Crippen molar-refractivity contribution in [1.29, 1.82) is 0 Å². The second-order valence-electron chi connectivity index (χ2n) is 4.68. The van der Waals surface area contributed by atoms with Crippen LogP contribution in [0.3, 0.4) is 0 Å². The highest BCUT2D eigenvalue weighted by molar-refractivity contribution is 5.57. The fraction of sp³-hybridized carbons (Fsp3) is 0.750. The smallest absolute Gasteiger partial charge is 0.161 e. The lowest BCUT2D eigenvalue weighted by Crippen LogP contribution is -2.50. The SMILES string of the molecule is C=C(COC1C[C@@H](O)C(O)C(CO)O1)NC[C@H](N)C=O. The summed E-state index contributed by atoms with van der Waals surface area (Å²) < 4.78 is 10.6. The molecule has 0 aromatic carbocycles. The zero-order chi connectivity index (χ0) is 15.1. The molecule has 0 spiro atoms. The van der Waals surface area contributed by atoms with Crippen molar-refractivity contribution < 1.29 is 29.6 Å². The minimum Gasteiger partial charge on any atom is -0.394 e. The van der Waals surface area contributed by atoms with Gasteiger partial charge >= 0.3 is 0 Å². The van der Waals surface area contributed by atoms with Gasteiger partial charge in [0, 0.05) is 18.7 Å². The Kier molecular flexibility index (Phi) is 7.06. The molecule has 0 aromatic heterocycles. The van der Waals surface area contributed by atoms with Gasteiger partial charge in [-0.15, -0.1) is 0 Å². The number of nitrogens with two attached hydrogens (primary N) is 1. The van der Waals surface area contributed by atoms with Crippen LogP contribution in [0.15, 0.2) is 12.3 Å². The molecule has 1 rings (SSSR count). The molecule has 5 atom stereocenters. The second kappa shape index (κ2) is 8.30. The van der Waals surface area contributed by atoms with Gasteiger partial charge in [-0.05, 0) is 0 Å². The van der Waals surface area contributed by atoms with E-state index >= 15 is 0 Å². The molecular weight excluding hydrogens is 268 g/mol. The van der Waals surface area contributed by atoms with E-state index in [1.807, 2.05) is 0 Å². The van der Waals surface area contributed by atoms with E-state index in [-0.39, 0.29) is 19.6 Å². The average Bonchev–Trinajstić information content (AvgIpc) is 2.45. The Hall–Kier alpha value is -1.03. The topological polar surface area (TPSA) is 134 Å². The quantitative estimate of drug-likeness (QED) is 0.309. The Morgan fingerprint density at radius 1 is 1.60 bits per heavy atom. The van der Waals surface area contributed by atoms with Crippen molar-refractivity contribution in [2.24, 2.45) is 5.73 Å². The van der Waals surface area contributed by atoms with Crippen LogP contribution in [0.25, 0.3) is 0 Å². The summed E-state index contributed by atoms with van der Waals surface area (Å²) in [5.41, 5.74) is 5.91. The van der Waals surface area contributed by atoms with E-state index in [0.29, 0.717) is 12.0 Å². The van der Waals surface area contributed by atoms with Gasteiger partial charge in [-0.25, -0.2) is 0 Å². The third-order valence-electron chi connectivity index (χ3n) is 2.92. The van der Waals surface area contributed by atoms with Crippen LogP contribution in [-0.2, 0) is 14.3 Å². The van der Waals surface area contributed by atoms with Crippen LogP contribution < -0.4 is 11.1 Å². The molecule has 0 bridgehead atoms. The zero-order valence-electron chi connectivity index (χ0n) is 11.1. The molecule has 6 N–H and O–H groups in total. The lowest BCUT2D eigenvalue weighted by molar-refractivity contribution is -0.254. The van der Waals surface area contributed by atoms with Crippen molar-refractivity contribution in [3.8, 4) is 0 Å². The highest BCUT2D eigenvalue weighted by atomic mass is 16.7. The minimum atomic E-state index is -1.13. The van der Waals surface area contributed by atoms with Crippen LogP contribution in [0, 0.1) is 0 Å². The first kappa shape index (κ1) is 17.0. The molecule has 20 heavy (non-hydrogen) atoms. The van der Waals surface area contributed by atoms with Gasteiger partial charge < -0.3 is 40.6 Å². The number of carbonyl (C=O) groups excluding carboxylic acids is 1. The molecule has 8 heteroatoms. The van der Waals surface area contributed by atoms with Crippen molar-refractivity contribution in [3.63, 3.8) is 0 Å². The molecule has 0 radical (unpaired) electrons. The maximum atomic E-state index is 10.3. The van der Waals surface area contributed by atoms with Gasteiger partial charge in [0.15, 0.2) is 6.29 Å². The van der Waals surface area contributed by atoms with Gasteiger partial charge in [-0.1, -0.05) is 6.58 Å². The predicted octanol–water partition coefficient (Wildman–Crippen LogP) is -2.54. The lowest BCUT2D eigenvalue weighted by atomic mass is 10.0. The minimum absolute atomic E-state index is 0.0945. The molecule has 0 amide bonds. The summed E-state index contributed by atoms with van der Waals surface area (Å²) in [5, 5.41) is 31.0. The Morgan fingerprint density at radius 2 is 2.30 bits per heavy atom. The van der Waals surface area contributed by atoms with E-state index in [0.717, 1.165) is 0 Å². The Labute approximate surface area is 117 Å². The van der Waals surface area contributed by atoms with E-state index < -0.39 is 37.3 Å². The number of hydrogen-bond donors (Lipinski definition) is 5. The van der Waals surface area contributed by atoms with Crippen molar-refractivity contribution in [2.75, 3.05) is 19.8 Å². The molecule has 8 nitrogen and oxygen atoms in total. The largest absolute Gasteiger partial charge is 0.394 e. The fourth-order valence-corrected chi connectivity index (χ4v) is 1.73. The number of aliphatic hydroxyl groups excluding tert-OH is 3. The number of aliphatic hydroxyl groups is 3. The summed E-state index contributed by atoms with van der Waals surface area (Å²) in [6, 6.07) is -0.617. The van der Waals surface area contributed by atoms with Crippen molar-refractivity contribution in [3.05, 3.63) is 12.3 Å². The Morgan fingerprint density at radius 3 is 2.90 bits per heavy atom. The molecule has 0 aliphatic carbocycles. The normalized spacial score (nSPS) is 31.6. The molecule has 116 valence electrons. The van der Waals surface area contributed by atoms with Crippen LogP contribution >= 0.6 is 0 Å². The van der Waals surface area contributed by atoms with Gasteiger partial charge in [0.25, 0.3) is 0 Å². The maximum absolute atomic E-state index is 10.3. The van der Waals surface area contributed by atoms with Gasteiger partial charge in [0.05, 0.1) is 25.4 Å². The van der Waals surface area contributed by atoms with E-state index in [4.69, 9.17) is 20.3 Å². The summed E-state index contributed by atoms with van der Waals surface area (Å²) in [5.74, 6) is 0. The molecule has 1 heterocycles. The summed E-state index contributed by atoms with van der Waals surface area (Å²) in [6.07, 6.45) is -3.06. The zero-order valence-corrected chi connectivity index (χ0v) is 11.1. The number of hydrogen-bond acceptors (Lipinski definition) is 8. The average molecular weight is 290 g/mol. The number of aldehydes is 1. The first-order chi connectivity index (χ1) is 9.47.